The Kier molecular flexibility index (Phi) is 5.78. The summed E-state index contributed by atoms with van der Waals surface area (Å²) in [6, 6.07) is 3.54. The molecule has 0 saturated carbocycles. The molecule has 0 N–H and O–H groups in total. The van der Waals surface area contributed by atoms with Gasteiger partial charge < -0.3 is 14.4 Å². The number of hydrogen-bond donors (Lipinski definition) is 0. The van der Waals surface area contributed by atoms with Gasteiger partial charge in [0.15, 0.2) is 11.5 Å². The van der Waals surface area contributed by atoms with E-state index in [-0.39, 0.29) is 11.9 Å². The van der Waals surface area contributed by atoms with Crippen LogP contribution in [0.5, 0.6) is 11.5 Å². The SMILES string of the molecule is C=C1C[C@H]2C=Nc3cc(OCCCCCBr)c(OC)cc3C(=O)N2C1. The van der Waals surface area contributed by atoms with E-state index in [0.29, 0.717) is 35.9 Å². The third kappa shape index (κ3) is 3.89. The number of carbonyl (C=O) groups is 1. The number of alkyl halides is 1. The number of hydrogen-bond acceptors (Lipinski definition) is 4. The van der Waals surface area contributed by atoms with E-state index in [0.717, 1.165) is 36.6 Å². The fourth-order valence-electron chi connectivity index (χ4n) is 3.16. The Morgan fingerprint density at radius 3 is 2.92 bits per heavy atom. The van der Waals surface area contributed by atoms with Crippen LogP contribution < -0.4 is 9.47 Å². The molecule has 0 bridgehead atoms. The molecule has 134 valence electrons. The lowest BCUT2D eigenvalue weighted by molar-refractivity contribution is 0.0777. The number of rotatable bonds is 7. The van der Waals surface area contributed by atoms with Crippen LogP contribution in [0.1, 0.15) is 36.0 Å². The average Bonchev–Trinajstić information content (AvgIpc) is 2.94. The van der Waals surface area contributed by atoms with Gasteiger partial charge in [0, 0.05) is 24.2 Å². The van der Waals surface area contributed by atoms with Crippen LogP contribution in [0.2, 0.25) is 0 Å². The molecule has 1 amide bonds. The van der Waals surface area contributed by atoms with Gasteiger partial charge in [-0.3, -0.25) is 9.79 Å². The molecule has 2 aliphatic rings. The zero-order chi connectivity index (χ0) is 17.8. The van der Waals surface area contributed by atoms with Crippen molar-refractivity contribution in [2.24, 2.45) is 4.99 Å². The highest BCUT2D eigenvalue weighted by Gasteiger charge is 2.34. The minimum absolute atomic E-state index is 0.00739. The lowest BCUT2D eigenvalue weighted by Gasteiger charge is -2.20. The number of nitrogens with zero attached hydrogens (tertiary/aromatic N) is 2. The summed E-state index contributed by atoms with van der Waals surface area (Å²) in [6.45, 7) is 5.20. The van der Waals surface area contributed by atoms with Crippen molar-refractivity contribution >= 4 is 33.7 Å². The quantitative estimate of drug-likeness (QED) is 0.388. The summed E-state index contributed by atoms with van der Waals surface area (Å²) < 4.78 is 11.3. The first-order valence-corrected chi connectivity index (χ1v) is 9.68. The molecule has 0 aromatic heterocycles. The second-order valence-corrected chi connectivity index (χ2v) is 7.14. The second-order valence-electron chi connectivity index (χ2n) is 6.35. The maximum Gasteiger partial charge on any atom is 0.257 e. The molecule has 2 heterocycles. The largest absolute Gasteiger partial charge is 0.493 e. The fourth-order valence-corrected chi connectivity index (χ4v) is 3.56. The molecule has 3 rings (SSSR count). The van der Waals surface area contributed by atoms with Crippen molar-refractivity contribution in [2.45, 2.75) is 31.7 Å². The lowest BCUT2D eigenvalue weighted by atomic mass is 10.1. The van der Waals surface area contributed by atoms with E-state index >= 15 is 0 Å². The molecule has 5 nitrogen and oxygen atoms in total. The highest BCUT2D eigenvalue weighted by molar-refractivity contribution is 9.09. The van der Waals surface area contributed by atoms with Gasteiger partial charge in [-0.05, 0) is 31.7 Å². The molecule has 1 fully saturated rings. The molecule has 1 atom stereocenters. The van der Waals surface area contributed by atoms with E-state index in [2.05, 4.69) is 27.5 Å². The second kappa shape index (κ2) is 8.04. The first kappa shape index (κ1) is 18.0. The van der Waals surface area contributed by atoms with E-state index in [1.54, 1.807) is 13.2 Å². The first-order chi connectivity index (χ1) is 12.1. The molecule has 0 aliphatic carbocycles. The van der Waals surface area contributed by atoms with Gasteiger partial charge in [-0.1, -0.05) is 28.1 Å². The Labute approximate surface area is 156 Å². The average molecular weight is 407 g/mol. The van der Waals surface area contributed by atoms with Crippen LogP contribution in [0.3, 0.4) is 0 Å². The minimum atomic E-state index is -0.0293. The number of halogens is 1. The number of unbranched alkanes of at least 4 members (excludes halogenated alkanes) is 2. The molecule has 0 spiro atoms. The highest BCUT2D eigenvalue weighted by atomic mass is 79.9. The van der Waals surface area contributed by atoms with E-state index in [1.807, 2.05) is 17.2 Å². The van der Waals surface area contributed by atoms with Gasteiger partial charge in [-0.15, -0.1) is 0 Å². The topological polar surface area (TPSA) is 51.1 Å². The van der Waals surface area contributed by atoms with Crippen LogP contribution in [0.4, 0.5) is 5.69 Å². The minimum Gasteiger partial charge on any atom is -0.493 e. The summed E-state index contributed by atoms with van der Waals surface area (Å²) in [6.07, 6.45) is 5.83. The Morgan fingerprint density at radius 2 is 2.16 bits per heavy atom. The molecule has 25 heavy (non-hydrogen) atoms. The van der Waals surface area contributed by atoms with Crippen LogP contribution in [0.15, 0.2) is 29.3 Å². The van der Waals surface area contributed by atoms with Gasteiger partial charge in [0.05, 0.1) is 31.0 Å². The lowest BCUT2D eigenvalue weighted by Crippen LogP contribution is -2.35. The van der Waals surface area contributed by atoms with Crippen molar-refractivity contribution in [3.63, 3.8) is 0 Å². The number of aliphatic imine (C=N–C) groups is 1. The highest BCUT2D eigenvalue weighted by Crippen LogP contribution is 2.38. The van der Waals surface area contributed by atoms with Crippen LogP contribution >= 0.6 is 15.9 Å². The van der Waals surface area contributed by atoms with E-state index < -0.39 is 0 Å². The monoisotopic (exact) mass is 406 g/mol. The Balaban J connectivity index is 1.82. The van der Waals surface area contributed by atoms with Crippen LogP contribution in [-0.2, 0) is 0 Å². The van der Waals surface area contributed by atoms with Crippen LogP contribution in [0, 0.1) is 0 Å². The van der Waals surface area contributed by atoms with Crippen molar-refractivity contribution in [3.05, 3.63) is 29.8 Å². The van der Waals surface area contributed by atoms with Gasteiger partial charge in [0.1, 0.15) is 0 Å². The van der Waals surface area contributed by atoms with Gasteiger partial charge in [0.25, 0.3) is 5.91 Å². The summed E-state index contributed by atoms with van der Waals surface area (Å²) in [5, 5.41) is 1.01. The predicted octanol–water partition coefficient (Wildman–Crippen LogP) is 4.13. The summed E-state index contributed by atoms with van der Waals surface area (Å²) in [5.74, 6) is 1.18. The van der Waals surface area contributed by atoms with Crippen LogP contribution in [-0.4, -0.2) is 48.7 Å². The Bertz CT molecular complexity index is 702. The third-order valence-corrected chi connectivity index (χ3v) is 5.05. The van der Waals surface area contributed by atoms with Crippen LogP contribution in [0.25, 0.3) is 0 Å². The fraction of sp³-hybridized carbons (Fsp3) is 0.474. The van der Waals surface area contributed by atoms with Crippen molar-refractivity contribution in [2.75, 3.05) is 25.6 Å². The normalized spacial score (nSPS) is 18.8. The first-order valence-electron chi connectivity index (χ1n) is 8.56. The summed E-state index contributed by atoms with van der Waals surface area (Å²) in [5.41, 5.74) is 2.25. The predicted molar refractivity (Wildman–Crippen MR) is 103 cm³/mol. The standard InChI is InChI=1S/C19H23BrN2O3/c1-13-8-14-11-21-16-10-18(25-7-5-3-4-6-20)17(24-2)9-15(16)19(23)22(14)12-13/h9-11,14H,1,3-8,12H2,2H3/t14-/m0/s1. The number of benzene rings is 1. The molecule has 2 aliphatic heterocycles. The summed E-state index contributed by atoms with van der Waals surface area (Å²) in [7, 11) is 1.59. The third-order valence-electron chi connectivity index (χ3n) is 4.49. The maximum absolute atomic E-state index is 12.9. The Morgan fingerprint density at radius 1 is 1.32 bits per heavy atom. The number of fused-ring (bicyclic) bond motifs is 2. The Hall–Kier alpha value is -1.82. The molecule has 1 saturated heterocycles. The molecule has 1 aromatic carbocycles. The molecular formula is C19H23BrN2O3. The zero-order valence-corrected chi connectivity index (χ0v) is 16.0. The van der Waals surface area contributed by atoms with E-state index in [4.69, 9.17) is 9.47 Å². The van der Waals surface area contributed by atoms with E-state index in [9.17, 15) is 4.79 Å². The molecule has 0 radical (unpaired) electrons. The van der Waals surface area contributed by atoms with Gasteiger partial charge in [-0.2, -0.15) is 0 Å². The van der Waals surface area contributed by atoms with Gasteiger partial charge in [0.2, 0.25) is 0 Å². The maximum atomic E-state index is 12.9. The van der Waals surface area contributed by atoms with Crippen molar-refractivity contribution < 1.29 is 14.3 Å². The van der Waals surface area contributed by atoms with Gasteiger partial charge in [-0.25, -0.2) is 0 Å². The van der Waals surface area contributed by atoms with Gasteiger partial charge >= 0.3 is 0 Å². The number of methoxy groups -OCH3 is 1. The van der Waals surface area contributed by atoms with Crippen molar-refractivity contribution in [1.29, 1.82) is 0 Å². The molecule has 0 unspecified atom stereocenters. The summed E-state index contributed by atoms with van der Waals surface area (Å²) >= 11 is 3.43. The zero-order valence-electron chi connectivity index (χ0n) is 14.5. The smallest absolute Gasteiger partial charge is 0.257 e. The molecular weight excluding hydrogens is 384 g/mol. The number of carbonyl (C=O) groups excluding carboxylic acids is 1. The summed E-state index contributed by atoms with van der Waals surface area (Å²) in [4.78, 5) is 19.2. The molecule has 1 aromatic rings. The van der Waals surface area contributed by atoms with Crippen molar-refractivity contribution in [3.8, 4) is 11.5 Å². The number of amides is 1. The number of ether oxygens (including phenoxy) is 2. The molecule has 6 heteroatoms. The van der Waals surface area contributed by atoms with E-state index in [1.165, 1.54) is 0 Å². The van der Waals surface area contributed by atoms with Crippen molar-refractivity contribution in [1.82, 2.24) is 4.90 Å².